The fraction of sp³-hybridized carbons (Fsp3) is 0.615. The fourth-order valence-corrected chi connectivity index (χ4v) is 9.16. The number of hydrogen-bond donors (Lipinski definition) is 6. The molecule has 1 aliphatic heterocycles. The number of ether oxygens (including phenoxy) is 3. The summed E-state index contributed by atoms with van der Waals surface area (Å²) in [7, 11) is -10.9. The Kier molecular flexibility index (Phi) is 35.0. The average molecular weight is 1070 g/mol. The van der Waals surface area contributed by atoms with Crippen LogP contribution in [0.3, 0.4) is 0 Å². The number of nitrogens with two attached hydrogens (primary N) is 1. The van der Waals surface area contributed by atoms with Crippen molar-refractivity contribution in [1.29, 1.82) is 0 Å². The van der Waals surface area contributed by atoms with Crippen LogP contribution in [0.15, 0.2) is 102 Å². The molecule has 0 amide bonds. The molecule has 73 heavy (non-hydrogen) atoms. The van der Waals surface area contributed by atoms with E-state index in [0.29, 0.717) is 32.1 Å². The Labute approximate surface area is 431 Å². The first-order chi connectivity index (χ1) is 35.1. The van der Waals surface area contributed by atoms with E-state index >= 15 is 0 Å². The number of nitrogens with zero attached hydrogens (tertiary/aromatic N) is 2. The molecule has 0 radical (unpaired) electrons. The van der Waals surface area contributed by atoms with Gasteiger partial charge >= 0.3 is 33.3 Å². The third kappa shape index (κ3) is 32.1. The number of carbonyl (C=O) groups excluding carboxylic acids is 2. The highest BCUT2D eigenvalue weighted by Gasteiger charge is 2.46. The zero-order valence-electron chi connectivity index (χ0n) is 42.8. The van der Waals surface area contributed by atoms with Crippen molar-refractivity contribution < 1.29 is 71.4 Å². The number of aliphatic hydroxyl groups excluding tert-OH is 3. The van der Waals surface area contributed by atoms with Crippen molar-refractivity contribution in [1.82, 2.24) is 9.55 Å². The molecule has 0 aliphatic carbocycles. The largest absolute Gasteiger partial charge is 0.481 e. The number of aromatic nitrogens is 2. The maximum Gasteiger partial charge on any atom is 0.481 e. The van der Waals surface area contributed by atoms with E-state index in [1.54, 1.807) is 6.08 Å². The van der Waals surface area contributed by atoms with Crippen LogP contribution in [0.25, 0.3) is 0 Å². The van der Waals surface area contributed by atoms with Gasteiger partial charge in [0.15, 0.2) is 12.3 Å². The average Bonchev–Trinajstić information content (AvgIpc) is 3.62. The quantitative estimate of drug-likeness (QED) is 0.0117. The van der Waals surface area contributed by atoms with Crippen LogP contribution < -0.4 is 11.4 Å². The van der Waals surface area contributed by atoms with Crippen LogP contribution in [0.4, 0.5) is 5.82 Å². The van der Waals surface area contributed by atoms with E-state index in [9.17, 15) is 48.6 Å². The summed E-state index contributed by atoms with van der Waals surface area (Å²) in [5.74, 6) is -1.41. The first kappa shape index (κ1) is 65.0. The zero-order chi connectivity index (χ0) is 53.6. The summed E-state index contributed by atoms with van der Waals surface area (Å²) in [5, 5.41) is 30.7. The molecule has 21 heteroatoms. The van der Waals surface area contributed by atoms with Gasteiger partial charge in [-0.25, -0.2) is 13.9 Å². The molecule has 0 bridgehead atoms. The van der Waals surface area contributed by atoms with E-state index in [1.807, 2.05) is 61.6 Å². The van der Waals surface area contributed by atoms with E-state index in [-0.39, 0.29) is 18.7 Å². The standard InChI is InChI=1S/C52H83N3O16P2/c1-3-5-7-8-9-10-11-12-13-14-15-16-21-24-27-30-33-37-48(58)69-44(40-66-47(57)36-32-29-26-23-20-18-17-19-22-25-28-31-35-43(56)34-6-4-2)41-67-72(62,63)71-73(64,65)68-42-45-49(59)50(60)51(70-45)55-39-38-46(53)54-52(55)61/h6,9-10,12-13,17-18,22-23,25-26,28,31,34,38-39,43-45,49-51,56,59-60H,3-5,7-8,11,14-16,19-21,24,27,29-30,32-33,35-37,40-42H2,1-2H3,(H,62,63)(H,64,65)(H2,53,54,61)/b10-9-,13-12-,18-17-,25-22-,26-23-,31-28+,34-6-/t43?,44-,45-,49-,50-,51-/m1/s1. The molecule has 1 aliphatic rings. The van der Waals surface area contributed by atoms with E-state index in [2.05, 4.69) is 40.5 Å². The van der Waals surface area contributed by atoms with Crippen LogP contribution in [0.2, 0.25) is 0 Å². The number of nitrogen functional groups attached to an aromatic ring is 1. The maximum absolute atomic E-state index is 12.9. The molecule has 8 atom stereocenters. The number of hydrogen-bond acceptors (Lipinski definition) is 16. The highest BCUT2D eigenvalue weighted by atomic mass is 31.3. The second-order valence-corrected chi connectivity index (χ2v) is 20.5. The van der Waals surface area contributed by atoms with Crippen molar-refractivity contribution >= 4 is 33.4 Å². The van der Waals surface area contributed by atoms with Crippen LogP contribution in [0.5, 0.6) is 0 Å². The Morgan fingerprint density at radius 2 is 1.32 bits per heavy atom. The van der Waals surface area contributed by atoms with Gasteiger partial charge in [0.1, 0.15) is 30.7 Å². The third-order valence-electron chi connectivity index (χ3n) is 11.0. The Balaban J connectivity index is 1.83. The predicted octanol–water partition coefficient (Wildman–Crippen LogP) is 9.64. The van der Waals surface area contributed by atoms with Gasteiger partial charge in [-0.05, 0) is 83.1 Å². The number of phosphoric acid groups is 2. The molecule has 412 valence electrons. The van der Waals surface area contributed by atoms with Crippen molar-refractivity contribution in [2.45, 2.75) is 185 Å². The molecule has 1 fully saturated rings. The molecule has 2 heterocycles. The van der Waals surface area contributed by atoms with Gasteiger partial charge in [-0.3, -0.25) is 23.2 Å². The van der Waals surface area contributed by atoms with Gasteiger partial charge in [0.25, 0.3) is 0 Å². The molecule has 1 aromatic heterocycles. The number of allylic oxidation sites excluding steroid dienone is 12. The van der Waals surface area contributed by atoms with Crippen LogP contribution >= 0.6 is 15.6 Å². The molecule has 2 rings (SSSR count). The lowest BCUT2D eigenvalue weighted by Gasteiger charge is -2.21. The lowest BCUT2D eigenvalue weighted by Crippen LogP contribution is -2.36. The number of esters is 2. The minimum Gasteiger partial charge on any atom is -0.462 e. The summed E-state index contributed by atoms with van der Waals surface area (Å²) < 4.78 is 56.7. The molecule has 1 saturated heterocycles. The fourth-order valence-electron chi connectivity index (χ4n) is 7.05. The van der Waals surface area contributed by atoms with Gasteiger partial charge < -0.3 is 45.1 Å². The molecular weight excluding hydrogens is 985 g/mol. The first-order valence-corrected chi connectivity index (χ1v) is 28.7. The lowest BCUT2D eigenvalue weighted by molar-refractivity contribution is -0.161. The van der Waals surface area contributed by atoms with Crippen LogP contribution in [0, 0.1) is 0 Å². The summed E-state index contributed by atoms with van der Waals surface area (Å²) in [6.07, 6.45) is 38.6. The molecule has 7 N–H and O–H groups in total. The SMILES string of the molecule is CC/C=C\C(O)C/C=C/C=C\C/C=C\C/C=C\CCCC(=O)OC[C@H](COP(=O)(O)OP(=O)(O)OC[C@H]1O[C@@H](n2ccc(N)nc2=O)[C@H](O)[C@@H]1O)OC(=O)CCCCCCCCC/C=C\C/C=C\CCCCC. The van der Waals surface area contributed by atoms with E-state index in [1.165, 1.54) is 25.3 Å². The molecule has 3 unspecified atom stereocenters. The monoisotopic (exact) mass is 1070 g/mol. The van der Waals surface area contributed by atoms with Gasteiger partial charge in [-0.2, -0.15) is 9.29 Å². The Hall–Kier alpha value is -4.10. The molecule has 1 aromatic rings. The molecule has 0 spiro atoms. The molecule has 0 saturated carbocycles. The number of carbonyl (C=O) groups is 2. The summed E-state index contributed by atoms with van der Waals surface area (Å²) in [6, 6.07) is 1.24. The maximum atomic E-state index is 12.9. The first-order valence-electron chi connectivity index (χ1n) is 25.7. The van der Waals surface area contributed by atoms with Gasteiger partial charge in [0.2, 0.25) is 0 Å². The van der Waals surface area contributed by atoms with Gasteiger partial charge in [-0.15, -0.1) is 0 Å². The van der Waals surface area contributed by atoms with E-state index in [0.717, 1.165) is 81.4 Å². The number of anilines is 1. The van der Waals surface area contributed by atoms with Crippen molar-refractivity contribution in [3.8, 4) is 0 Å². The van der Waals surface area contributed by atoms with Crippen LogP contribution in [0.1, 0.15) is 155 Å². The van der Waals surface area contributed by atoms with Crippen molar-refractivity contribution in [2.75, 3.05) is 25.6 Å². The lowest BCUT2D eigenvalue weighted by atomic mass is 10.1. The normalized spacial score (nSPS) is 20.1. The summed E-state index contributed by atoms with van der Waals surface area (Å²) >= 11 is 0. The van der Waals surface area contributed by atoms with E-state index in [4.69, 9.17) is 29.0 Å². The van der Waals surface area contributed by atoms with Gasteiger partial charge in [-0.1, -0.05) is 144 Å². The second kappa shape index (κ2) is 39.3. The summed E-state index contributed by atoms with van der Waals surface area (Å²) in [5.41, 5.74) is 4.58. The second-order valence-electron chi connectivity index (χ2n) is 17.5. The summed E-state index contributed by atoms with van der Waals surface area (Å²) in [6.45, 7) is 1.82. The zero-order valence-corrected chi connectivity index (χ0v) is 44.6. The van der Waals surface area contributed by atoms with Gasteiger partial charge in [0, 0.05) is 19.0 Å². The van der Waals surface area contributed by atoms with Gasteiger partial charge in [0.05, 0.1) is 19.3 Å². The van der Waals surface area contributed by atoms with Crippen molar-refractivity contribution in [3.05, 3.63) is 108 Å². The Bertz CT molecular complexity index is 2070. The van der Waals surface area contributed by atoms with E-state index < -0.39 is 89.8 Å². The Morgan fingerprint density at radius 1 is 0.740 bits per heavy atom. The third-order valence-corrected chi connectivity index (χ3v) is 13.6. The predicted molar refractivity (Wildman–Crippen MR) is 281 cm³/mol. The van der Waals surface area contributed by atoms with Crippen molar-refractivity contribution in [2.24, 2.45) is 0 Å². The topological polar surface area (TPSA) is 286 Å². The van der Waals surface area contributed by atoms with Crippen LogP contribution in [-0.2, 0) is 46.3 Å². The number of rotatable bonds is 41. The minimum absolute atomic E-state index is 0.0160. The number of aliphatic hydroxyl groups is 3. The highest BCUT2D eigenvalue weighted by molar-refractivity contribution is 7.61. The number of unbranched alkanes of at least 4 members (excludes halogenated alkanes) is 11. The summed E-state index contributed by atoms with van der Waals surface area (Å²) in [4.78, 5) is 61.9. The Morgan fingerprint density at radius 3 is 1.97 bits per heavy atom. The molecule has 0 aromatic carbocycles. The smallest absolute Gasteiger partial charge is 0.462 e. The highest BCUT2D eigenvalue weighted by Crippen LogP contribution is 2.60. The van der Waals surface area contributed by atoms with Crippen molar-refractivity contribution in [3.63, 3.8) is 0 Å². The molecular formula is C52H83N3O16P2. The van der Waals surface area contributed by atoms with Crippen LogP contribution in [-0.4, -0.2) is 96.9 Å². The minimum atomic E-state index is -5.45. The molecule has 19 nitrogen and oxygen atoms in total. The number of phosphoric ester groups is 2.